The third kappa shape index (κ3) is 6.22. The van der Waals surface area contributed by atoms with Crippen molar-refractivity contribution in [3.8, 4) is 45.4 Å². The van der Waals surface area contributed by atoms with Crippen LogP contribution in [0.15, 0.2) is 112 Å². The van der Waals surface area contributed by atoms with Crippen LogP contribution >= 0.6 is 27.5 Å². The van der Waals surface area contributed by atoms with Gasteiger partial charge in [0.05, 0.1) is 31.3 Å². The molecule has 56 heavy (non-hydrogen) atoms. The van der Waals surface area contributed by atoms with Crippen molar-refractivity contribution in [3.63, 3.8) is 0 Å². The Labute approximate surface area is 331 Å². The highest BCUT2D eigenvalue weighted by atomic mass is 79.9. The number of hydrogen-bond donors (Lipinski definition) is 2. The summed E-state index contributed by atoms with van der Waals surface area (Å²) >= 11 is 9.57. The zero-order chi connectivity index (χ0) is 38.6. The Morgan fingerprint density at radius 2 is 1.29 bits per heavy atom. The van der Waals surface area contributed by atoms with E-state index in [1.54, 1.807) is 54.9 Å². The Morgan fingerprint density at radius 1 is 0.643 bits per heavy atom. The predicted octanol–water partition coefficient (Wildman–Crippen LogP) is 7.45. The number of fused-ring (bicyclic) bond motifs is 8. The number of halogens is 4. The fourth-order valence-corrected chi connectivity index (χ4v) is 7.84. The molecule has 0 bridgehead atoms. The molecule has 4 N–H and O–H groups in total. The highest BCUT2D eigenvalue weighted by Gasteiger charge is 2.46. The summed E-state index contributed by atoms with van der Waals surface area (Å²) in [6, 6.07) is 20.9. The summed E-state index contributed by atoms with van der Waals surface area (Å²) in [6.07, 6.45) is 5.95. The van der Waals surface area contributed by atoms with Crippen LogP contribution in [0.5, 0.6) is 23.0 Å². The van der Waals surface area contributed by atoms with Gasteiger partial charge in [0, 0.05) is 56.3 Å². The molecular weight excluding hydrogens is 810 g/mol. The summed E-state index contributed by atoms with van der Waals surface area (Å²) < 4.78 is 52.8. The number of nitrogens with two attached hydrogens (primary N) is 2. The third-order valence-electron chi connectivity index (χ3n) is 9.73. The quantitative estimate of drug-likeness (QED) is 0.167. The topological polar surface area (TPSA) is 165 Å². The lowest BCUT2D eigenvalue weighted by atomic mass is 9.79. The van der Waals surface area contributed by atoms with Crippen LogP contribution in [0.3, 0.4) is 0 Å². The second-order valence-corrected chi connectivity index (χ2v) is 14.5. The summed E-state index contributed by atoms with van der Waals surface area (Å²) in [4.78, 5) is 25.5. The standard InChI is InChI=1S/C25H17F2N5O2.C15H11BrClN3O2/c26-22-9-15(5-7-29-22)19-10-18-21(11-31-19)34-20-4-3-14(16-2-1-6-30-24(16)27)8-17(20)25(18)13-33-12-23(28)32-25;16-8-1-2-11-9(3-8)15(7-21-6-14(18)20-15)10-4-13(17)19-5-12(10)22-11/h1-11H,12-13H2,(H2,28,32);1-5H,6-7H2,(H2,18,20)/t25-;15-/m00/s1. The van der Waals surface area contributed by atoms with Crippen molar-refractivity contribution in [1.82, 2.24) is 19.9 Å². The number of aliphatic imine (C=N–C) groups is 2. The van der Waals surface area contributed by atoms with Gasteiger partial charge in [-0.2, -0.15) is 8.78 Å². The Kier molecular flexibility index (Phi) is 8.96. The molecule has 280 valence electrons. The SMILES string of the molecule is NC1=N[C@@]2(COC1)c1cc(-c3cccnc3F)ccc1Oc1cnc(-c3ccnc(F)c3)cc12.NC1=N[C@@]2(COC1)c1cc(Br)ccc1Oc1cnc(Cl)cc12. The molecule has 4 aromatic heterocycles. The Bertz CT molecular complexity index is 2580. The average molecular weight is 838 g/mol. The molecule has 4 aliphatic heterocycles. The number of benzene rings is 2. The van der Waals surface area contributed by atoms with E-state index in [1.165, 1.54) is 18.5 Å². The van der Waals surface area contributed by atoms with Crippen LogP contribution in [0.25, 0.3) is 22.4 Å². The first-order valence-corrected chi connectivity index (χ1v) is 18.3. The van der Waals surface area contributed by atoms with Crippen LogP contribution in [0.2, 0.25) is 5.15 Å². The van der Waals surface area contributed by atoms with Crippen molar-refractivity contribution in [2.24, 2.45) is 21.5 Å². The average Bonchev–Trinajstić information content (AvgIpc) is 3.19. The van der Waals surface area contributed by atoms with Crippen molar-refractivity contribution < 1.29 is 27.7 Å². The Hall–Kier alpha value is -5.87. The molecule has 0 amide bonds. The molecule has 10 rings (SSSR count). The largest absolute Gasteiger partial charge is 0.455 e. The molecule has 0 unspecified atom stereocenters. The molecule has 4 aliphatic rings. The van der Waals surface area contributed by atoms with Gasteiger partial charge in [0.2, 0.25) is 11.9 Å². The first-order valence-electron chi connectivity index (χ1n) is 17.2. The summed E-state index contributed by atoms with van der Waals surface area (Å²) in [5.74, 6) is 1.90. The normalized spacial score (nSPS) is 20.1. The minimum Gasteiger partial charge on any atom is -0.455 e. The van der Waals surface area contributed by atoms with Gasteiger partial charge < -0.3 is 30.4 Å². The monoisotopic (exact) mass is 836 g/mol. The molecule has 2 spiro atoms. The zero-order valence-electron chi connectivity index (χ0n) is 29.0. The minimum absolute atomic E-state index is 0.185. The van der Waals surface area contributed by atoms with Crippen LogP contribution in [-0.2, 0) is 20.6 Å². The van der Waals surface area contributed by atoms with E-state index in [0.717, 1.165) is 15.6 Å². The maximum atomic E-state index is 14.5. The molecule has 0 saturated carbocycles. The fraction of sp³-hybridized carbons (Fsp3) is 0.150. The molecular formula is C40H28BrClF2N8O4. The molecule has 0 fully saturated rings. The van der Waals surface area contributed by atoms with E-state index in [1.807, 2.05) is 24.3 Å². The minimum atomic E-state index is -1.05. The van der Waals surface area contributed by atoms with E-state index in [2.05, 4.69) is 35.9 Å². The Balaban J connectivity index is 0.000000161. The van der Waals surface area contributed by atoms with Gasteiger partial charge in [-0.3, -0.25) is 15.0 Å². The van der Waals surface area contributed by atoms with Gasteiger partial charge in [-0.05, 0) is 66.2 Å². The number of hydrogen-bond acceptors (Lipinski definition) is 12. The summed E-state index contributed by atoms with van der Waals surface area (Å²) in [7, 11) is 0. The van der Waals surface area contributed by atoms with Crippen molar-refractivity contribution in [2.45, 2.75) is 11.1 Å². The molecule has 12 nitrogen and oxygen atoms in total. The number of aromatic nitrogens is 4. The highest BCUT2D eigenvalue weighted by Crippen LogP contribution is 2.53. The summed E-state index contributed by atoms with van der Waals surface area (Å²) in [5.41, 5.74) is 15.3. The zero-order valence-corrected chi connectivity index (χ0v) is 31.4. The maximum Gasteiger partial charge on any atom is 0.220 e. The van der Waals surface area contributed by atoms with E-state index >= 15 is 0 Å². The van der Waals surface area contributed by atoms with E-state index in [-0.39, 0.29) is 13.2 Å². The van der Waals surface area contributed by atoms with Crippen LogP contribution < -0.4 is 20.9 Å². The van der Waals surface area contributed by atoms with Gasteiger partial charge >= 0.3 is 0 Å². The second kappa shape index (κ2) is 14.0. The van der Waals surface area contributed by atoms with Crippen LogP contribution in [0.1, 0.15) is 22.3 Å². The van der Waals surface area contributed by atoms with E-state index in [0.29, 0.717) is 86.5 Å². The van der Waals surface area contributed by atoms with Gasteiger partial charge in [0.25, 0.3) is 0 Å². The molecule has 16 heteroatoms. The lowest BCUT2D eigenvalue weighted by Gasteiger charge is -2.39. The van der Waals surface area contributed by atoms with Gasteiger partial charge in [-0.25, -0.2) is 15.0 Å². The number of amidine groups is 2. The first-order chi connectivity index (χ1) is 27.1. The van der Waals surface area contributed by atoms with Gasteiger partial charge in [-0.15, -0.1) is 0 Å². The summed E-state index contributed by atoms with van der Waals surface area (Å²) in [5, 5.41) is 0.375. The fourth-order valence-electron chi connectivity index (χ4n) is 7.32. The number of pyridine rings is 4. The first kappa shape index (κ1) is 35.8. The van der Waals surface area contributed by atoms with Crippen molar-refractivity contribution >= 4 is 39.2 Å². The maximum absolute atomic E-state index is 14.5. The van der Waals surface area contributed by atoms with Crippen LogP contribution in [0, 0.1) is 11.9 Å². The Morgan fingerprint density at radius 3 is 1.96 bits per heavy atom. The molecule has 0 saturated heterocycles. The molecule has 6 aromatic rings. The second-order valence-electron chi connectivity index (χ2n) is 13.2. The van der Waals surface area contributed by atoms with E-state index < -0.39 is 23.0 Å². The smallest absolute Gasteiger partial charge is 0.220 e. The number of rotatable bonds is 2. The van der Waals surface area contributed by atoms with Crippen molar-refractivity contribution in [3.05, 3.63) is 141 Å². The molecule has 8 heterocycles. The third-order valence-corrected chi connectivity index (χ3v) is 10.4. The lowest BCUT2D eigenvalue weighted by Crippen LogP contribution is -2.42. The van der Waals surface area contributed by atoms with Crippen molar-refractivity contribution in [1.29, 1.82) is 0 Å². The predicted molar refractivity (Wildman–Crippen MR) is 207 cm³/mol. The van der Waals surface area contributed by atoms with E-state index in [9.17, 15) is 8.78 Å². The highest BCUT2D eigenvalue weighted by molar-refractivity contribution is 9.10. The number of nitrogens with zero attached hydrogens (tertiary/aromatic N) is 6. The summed E-state index contributed by atoms with van der Waals surface area (Å²) in [6.45, 7) is 1.07. The number of ether oxygens (including phenoxy) is 4. The van der Waals surface area contributed by atoms with Gasteiger partial charge in [0.15, 0.2) is 11.5 Å². The van der Waals surface area contributed by atoms with E-state index in [4.69, 9.17) is 52.0 Å². The van der Waals surface area contributed by atoms with Gasteiger partial charge in [-0.1, -0.05) is 33.6 Å². The van der Waals surface area contributed by atoms with Crippen LogP contribution in [-0.4, -0.2) is 58.0 Å². The lowest BCUT2D eigenvalue weighted by molar-refractivity contribution is 0.109. The molecule has 2 atom stereocenters. The van der Waals surface area contributed by atoms with Gasteiger partial charge in [0.1, 0.15) is 52.6 Å². The molecule has 2 aromatic carbocycles. The van der Waals surface area contributed by atoms with Crippen LogP contribution in [0.4, 0.5) is 8.78 Å². The molecule has 0 radical (unpaired) electrons. The molecule has 0 aliphatic carbocycles. The van der Waals surface area contributed by atoms with Crippen molar-refractivity contribution in [2.75, 3.05) is 26.4 Å².